The van der Waals surface area contributed by atoms with Crippen LogP contribution >= 0.6 is 0 Å². The van der Waals surface area contributed by atoms with Crippen LogP contribution in [0, 0.1) is 0 Å². The van der Waals surface area contributed by atoms with Crippen molar-refractivity contribution >= 4 is 15.5 Å². The highest BCUT2D eigenvalue weighted by atomic mass is 32.2. The number of aromatic nitrogens is 2. The topological polar surface area (TPSA) is 87.1 Å². The van der Waals surface area contributed by atoms with Crippen LogP contribution in [0.2, 0.25) is 0 Å². The fourth-order valence-electron chi connectivity index (χ4n) is 2.20. The van der Waals surface area contributed by atoms with E-state index in [0.717, 1.165) is 11.9 Å². The summed E-state index contributed by atoms with van der Waals surface area (Å²) in [6.45, 7) is 8.54. The molecule has 1 aromatic heterocycles. The van der Waals surface area contributed by atoms with Gasteiger partial charge in [0.05, 0.1) is 18.0 Å². The van der Waals surface area contributed by atoms with Crippen LogP contribution in [0.25, 0.3) is 0 Å². The summed E-state index contributed by atoms with van der Waals surface area (Å²) in [7, 11) is -3.12. The summed E-state index contributed by atoms with van der Waals surface area (Å²) in [6.07, 6.45) is 1.16. The van der Waals surface area contributed by atoms with Crippen LogP contribution in [0.5, 0.6) is 0 Å². The van der Waals surface area contributed by atoms with Gasteiger partial charge < -0.3 is 5.73 Å². The monoisotopic (exact) mass is 289 g/mol. The second kappa shape index (κ2) is 5.03. The minimum atomic E-state index is -3.12. The van der Waals surface area contributed by atoms with E-state index in [1.807, 2.05) is 27.7 Å². The number of hydrogen-bond donors (Lipinski definition) is 1. The van der Waals surface area contributed by atoms with Crippen LogP contribution in [0.1, 0.15) is 33.4 Å². The molecule has 7 heteroatoms. The van der Waals surface area contributed by atoms with Crippen molar-refractivity contribution in [2.45, 2.75) is 46.2 Å². The van der Waals surface area contributed by atoms with Gasteiger partial charge in [-0.05, 0) is 6.92 Å². The highest BCUT2D eigenvalue weighted by molar-refractivity contribution is 7.90. The van der Waals surface area contributed by atoms with Crippen LogP contribution in [-0.4, -0.2) is 29.8 Å². The van der Waals surface area contributed by atoms with E-state index in [9.17, 15) is 13.2 Å². The van der Waals surface area contributed by atoms with Crippen molar-refractivity contribution in [2.24, 2.45) is 0 Å². The second-order valence-corrected chi connectivity index (χ2v) is 8.05. The molecule has 0 aliphatic carbocycles. The van der Waals surface area contributed by atoms with Gasteiger partial charge in [0, 0.05) is 18.2 Å². The number of rotatable bonds is 4. The van der Waals surface area contributed by atoms with Crippen LogP contribution < -0.4 is 11.3 Å². The molecule has 6 nitrogen and oxygen atoms in total. The SMILES string of the molecule is CCn1c(C(C)(C)C)c(N)c(=O)n1CCS(C)(=O)=O. The molecule has 0 bridgehead atoms. The van der Waals surface area contributed by atoms with E-state index in [-0.39, 0.29) is 29.0 Å². The molecule has 0 radical (unpaired) electrons. The Morgan fingerprint density at radius 1 is 1.21 bits per heavy atom. The molecule has 0 fully saturated rings. The van der Waals surface area contributed by atoms with Crippen molar-refractivity contribution in [2.75, 3.05) is 17.7 Å². The first-order valence-electron chi connectivity index (χ1n) is 6.26. The molecule has 2 N–H and O–H groups in total. The number of nitrogens with zero attached hydrogens (tertiary/aromatic N) is 2. The van der Waals surface area contributed by atoms with Gasteiger partial charge >= 0.3 is 0 Å². The lowest BCUT2D eigenvalue weighted by Gasteiger charge is -2.22. The molecule has 1 aromatic rings. The molecule has 0 aliphatic rings. The molecule has 0 aliphatic heterocycles. The van der Waals surface area contributed by atoms with Crippen molar-refractivity contribution in [3.8, 4) is 0 Å². The van der Waals surface area contributed by atoms with E-state index < -0.39 is 9.84 Å². The third kappa shape index (κ3) is 3.40. The van der Waals surface area contributed by atoms with E-state index in [0.29, 0.717) is 6.54 Å². The Balaban J connectivity index is 3.38. The largest absolute Gasteiger partial charge is 0.393 e. The van der Waals surface area contributed by atoms with Gasteiger partial charge in [-0.25, -0.2) is 13.1 Å². The Morgan fingerprint density at radius 3 is 2.11 bits per heavy atom. The van der Waals surface area contributed by atoms with Crippen LogP contribution in [-0.2, 0) is 28.3 Å². The first-order valence-corrected chi connectivity index (χ1v) is 8.32. The highest BCUT2D eigenvalue weighted by Crippen LogP contribution is 2.26. The van der Waals surface area contributed by atoms with E-state index in [4.69, 9.17) is 5.73 Å². The average Bonchev–Trinajstić information content (AvgIpc) is 2.47. The summed E-state index contributed by atoms with van der Waals surface area (Å²) < 4.78 is 25.7. The first kappa shape index (κ1) is 15.8. The summed E-state index contributed by atoms with van der Waals surface area (Å²) in [5, 5.41) is 0. The zero-order valence-electron chi connectivity index (χ0n) is 12.2. The number of anilines is 1. The van der Waals surface area contributed by atoms with E-state index in [2.05, 4.69) is 0 Å². The lowest BCUT2D eigenvalue weighted by molar-refractivity contribution is 0.421. The van der Waals surface area contributed by atoms with Crippen molar-refractivity contribution in [1.29, 1.82) is 0 Å². The Bertz CT molecular complexity index is 618. The second-order valence-electron chi connectivity index (χ2n) is 5.79. The summed E-state index contributed by atoms with van der Waals surface area (Å²) >= 11 is 0. The smallest absolute Gasteiger partial charge is 0.290 e. The summed E-state index contributed by atoms with van der Waals surface area (Å²) in [6, 6.07) is 0. The minimum absolute atomic E-state index is 0.0695. The summed E-state index contributed by atoms with van der Waals surface area (Å²) in [5.41, 5.74) is 6.29. The predicted octanol–water partition coefficient (Wildman–Crippen LogP) is 0.594. The van der Waals surface area contributed by atoms with Crippen molar-refractivity contribution in [1.82, 2.24) is 9.36 Å². The van der Waals surface area contributed by atoms with Crippen LogP contribution in [0.3, 0.4) is 0 Å². The molecule has 1 heterocycles. The third-order valence-corrected chi connectivity index (χ3v) is 3.88. The van der Waals surface area contributed by atoms with Crippen LogP contribution in [0.4, 0.5) is 5.69 Å². The maximum absolute atomic E-state index is 12.2. The van der Waals surface area contributed by atoms with Gasteiger partial charge in [0.25, 0.3) is 5.56 Å². The number of hydrogen-bond acceptors (Lipinski definition) is 4. The third-order valence-electron chi connectivity index (χ3n) is 2.95. The van der Waals surface area contributed by atoms with Crippen LogP contribution in [0.15, 0.2) is 4.79 Å². The zero-order valence-corrected chi connectivity index (χ0v) is 13.0. The van der Waals surface area contributed by atoms with Crippen molar-refractivity contribution in [3.63, 3.8) is 0 Å². The lowest BCUT2D eigenvalue weighted by Crippen LogP contribution is -2.28. The Labute approximate surface area is 114 Å². The van der Waals surface area contributed by atoms with Gasteiger partial charge in [-0.3, -0.25) is 9.48 Å². The Kier molecular flexibility index (Phi) is 4.19. The van der Waals surface area contributed by atoms with E-state index in [1.54, 1.807) is 4.68 Å². The summed E-state index contributed by atoms with van der Waals surface area (Å²) in [5.74, 6) is -0.0695. The molecule has 19 heavy (non-hydrogen) atoms. The van der Waals surface area contributed by atoms with Gasteiger partial charge in [-0.15, -0.1) is 0 Å². The predicted molar refractivity (Wildman–Crippen MR) is 77.2 cm³/mol. The molecule has 0 aromatic carbocycles. The molecule has 0 unspecified atom stereocenters. The highest BCUT2D eigenvalue weighted by Gasteiger charge is 2.26. The molecule has 0 amide bonds. The maximum Gasteiger partial charge on any atom is 0.290 e. The summed E-state index contributed by atoms with van der Waals surface area (Å²) in [4.78, 5) is 12.2. The normalized spacial score (nSPS) is 12.9. The molecule has 0 saturated heterocycles. The maximum atomic E-state index is 12.2. The molecule has 0 atom stereocenters. The standard InChI is InChI=1S/C12H23N3O3S/c1-6-14-10(12(2,3)4)9(13)11(16)15(14)7-8-19(5,17)18/h6-8,13H2,1-5H3. The lowest BCUT2D eigenvalue weighted by atomic mass is 9.91. The Morgan fingerprint density at radius 2 is 1.74 bits per heavy atom. The quantitative estimate of drug-likeness (QED) is 0.879. The van der Waals surface area contributed by atoms with E-state index >= 15 is 0 Å². The number of nitrogen functional groups attached to an aromatic ring is 1. The molecule has 1 rings (SSSR count). The van der Waals surface area contributed by atoms with Gasteiger partial charge in [0.2, 0.25) is 0 Å². The Hall–Kier alpha value is -1.24. The minimum Gasteiger partial charge on any atom is -0.393 e. The number of nitrogens with two attached hydrogens (primary N) is 1. The first-order chi connectivity index (χ1) is 8.49. The van der Waals surface area contributed by atoms with Gasteiger partial charge in [0.15, 0.2) is 0 Å². The fourth-order valence-corrected chi connectivity index (χ4v) is 2.71. The molecular formula is C12H23N3O3S. The molecular weight excluding hydrogens is 266 g/mol. The fraction of sp³-hybridized carbons (Fsp3) is 0.750. The van der Waals surface area contributed by atoms with Gasteiger partial charge in [0.1, 0.15) is 15.5 Å². The van der Waals surface area contributed by atoms with Gasteiger partial charge in [-0.2, -0.15) is 0 Å². The molecule has 0 spiro atoms. The van der Waals surface area contributed by atoms with Crippen molar-refractivity contribution in [3.05, 3.63) is 16.0 Å². The van der Waals surface area contributed by atoms with E-state index in [1.165, 1.54) is 4.68 Å². The van der Waals surface area contributed by atoms with Gasteiger partial charge in [-0.1, -0.05) is 20.8 Å². The molecule has 0 saturated carbocycles. The average molecular weight is 289 g/mol. The molecule has 110 valence electrons. The zero-order chi connectivity index (χ0) is 15.0. The number of sulfone groups is 1. The van der Waals surface area contributed by atoms with Crippen molar-refractivity contribution < 1.29 is 8.42 Å².